The van der Waals surface area contributed by atoms with Gasteiger partial charge in [0.05, 0.1) is 6.61 Å². The van der Waals surface area contributed by atoms with Crippen LogP contribution in [0.15, 0.2) is 12.8 Å². The van der Waals surface area contributed by atoms with Crippen LogP contribution in [0.4, 0.5) is 0 Å². The largest absolute Gasteiger partial charge is 0.396 e. The molecule has 3 N–H and O–H groups in total. The topological polar surface area (TPSA) is 61.4 Å². The van der Waals surface area contributed by atoms with Crippen molar-refractivity contribution < 1.29 is 9.90 Å². The Labute approximate surface area is 66.3 Å². The summed E-state index contributed by atoms with van der Waals surface area (Å²) < 4.78 is 0. The van der Waals surface area contributed by atoms with E-state index in [-0.39, 0.29) is 18.9 Å². The van der Waals surface area contributed by atoms with Crippen LogP contribution in [-0.2, 0) is 4.79 Å². The van der Waals surface area contributed by atoms with E-state index in [1.165, 1.54) is 0 Å². The van der Waals surface area contributed by atoms with E-state index < -0.39 is 0 Å². The van der Waals surface area contributed by atoms with Gasteiger partial charge in [-0.05, 0) is 6.20 Å². The zero-order valence-electron chi connectivity index (χ0n) is 6.47. The first-order valence-electron chi connectivity index (χ1n) is 3.53. The lowest BCUT2D eigenvalue weighted by Gasteiger charge is -2.02. The van der Waals surface area contributed by atoms with Crippen LogP contribution in [0.5, 0.6) is 0 Å². The molecule has 0 aromatic carbocycles. The molecule has 0 radical (unpaired) electrons. The maximum atomic E-state index is 10.7. The zero-order chi connectivity index (χ0) is 8.53. The highest BCUT2D eigenvalue weighted by Gasteiger charge is 1.96. The van der Waals surface area contributed by atoms with E-state index in [1.54, 1.807) is 6.20 Å². The number of aliphatic hydroxyl groups is 1. The summed E-state index contributed by atoms with van der Waals surface area (Å²) in [5.41, 5.74) is 0. The molecule has 11 heavy (non-hydrogen) atoms. The average molecular weight is 158 g/mol. The van der Waals surface area contributed by atoms with E-state index in [0.29, 0.717) is 13.1 Å². The summed E-state index contributed by atoms with van der Waals surface area (Å²) >= 11 is 0. The van der Waals surface area contributed by atoms with Gasteiger partial charge in [-0.15, -0.1) is 0 Å². The Morgan fingerprint density at radius 3 is 2.82 bits per heavy atom. The highest BCUT2D eigenvalue weighted by Crippen LogP contribution is 1.74. The molecule has 0 spiro atoms. The molecule has 0 aliphatic rings. The van der Waals surface area contributed by atoms with Crippen molar-refractivity contribution >= 4 is 5.91 Å². The average Bonchev–Trinajstić information content (AvgIpc) is 1.99. The van der Waals surface area contributed by atoms with Gasteiger partial charge in [0.25, 0.3) is 0 Å². The first-order chi connectivity index (χ1) is 5.31. The normalized spacial score (nSPS) is 8.82. The van der Waals surface area contributed by atoms with Crippen molar-refractivity contribution in [3.8, 4) is 0 Å². The van der Waals surface area contributed by atoms with Crippen LogP contribution in [0.3, 0.4) is 0 Å². The fraction of sp³-hybridized carbons (Fsp3) is 0.571. The molecule has 0 fully saturated rings. The molecule has 0 unspecified atom stereocenters. The molecule has 1 amide bonds. The van der Waals surface area contributed by atoms with Crippen molar-refractivity contribution in [2.24, 2.45) is 0 Å². The molecule has 4 nitrogen and oxygen atoms in total. The van der Waals surface area contributed by atoms with Crippen LogP contribution in [-0.4, -0.2) is 30.7 Å². The number of amides is 1. The summed E-state index contributed by atoms with van der Waals surface area (Å²) in [6.45, 7) is 4.58. The molecule has 0 aliphatic carbocycles. The second kappa shape index (κ2) is 7.08. The lowest BCUT2D eigenvalue weighted by atomic mass is 10.4. The summed E-state index contributed by atoms with van der Waals surface area (Å²) in [5.74, 6) is -0.127. The summed E-state index contributed by atoms with van der Waals surface area (Å²) in [5, 5.41) is 13.8. The number of hydrogen-bond donors (Lipinski definition) is 3. The summed E-state index contributed by atoms with van der Waals surface area (Å²) in [6, 6.07) is 0. The van der Waals surface area contributed by atoms with Gasteiger partial charge in [0.2, 0.25) is 5.91 Å². The highest BCUT2D eigenvalue weighted by molar-refractivity contribution is 5.75. The Balaban J connectivity index is 3.10. The second-order valence-corrected chi connectivity index (χ2v) is 1.98. The fourth-order valence-electron chi connectivity index (χ4n) is 0.566. The standard InChI is InChI=1S/C7H14N2O2/c1-2-8-4-5-9-7(11)3-6-10/h2,8,10H,1,3-6H2,(H,9,11). The molecule has 0 saturated heterocycles. The van der Waals surface area contributed by atoms with E-state index in [1.807, 2.05) is 0 Å². The Morgan fingerprint density at radius 2 is 2.27 bits per heavy atom. The van der Waals surface area contributed by atoms with Gasteiger partial charge >= 0.3 is 0 Å². The number of nitrogens with one attached hydrogen (secondary N) is 2. The van der Waals surface area contributed by atoms with Crippen molar-refractivity contribution in [2.75, 3.05) is 19.7 Å². The molecule has 0 atom stereocenters. The molecule has 0 rings (SSSR count). The van der Waals surface area contributed by atoms with Crippen molar-refractivity contribution in [1.29, 1.82) is 0 Å². The third kappa shape index (κ3) is 6.86. The minimum Gasteiger partial charge on any atom is -0.396 e. The Kier molecular flexibility index (Phi) is 6.42. The van der Waals surface area contributed by atoms with Gasteiger partial charge in [-0.1, -0.05) is 6.58 Å². The third-order valence-corrected chi connectivity index (χ3v) is 1.07. The molecule has 4 heteroatoms. The summed E-state index contributed by atoms with van der Waals surface area (Å²) in [4.78, 5) is 10.7. The first-order valence-corrected chi connectivity index (χ1v) is 3.53. The van der Waals surface area contributed by atoms with E-state index in [4.69, 9.17) is 5.11 Å². The van der Waals surface area contributed by atoms with E-state index in [9.17, 15) is 4.79 Å². The highest BCUT2D eigenvalue weighted by atomic mass is 16.3. The maximum Gasteiger partial charge on any atom is 0.222 e. The predicted molar refractivity (Wildman–Crippen MR) is 42.9 cm³/mol. The number of aliphatic hydroxyl groups excluding tert-OH is 1. The quantitative estimate of drug-likeness (QED) is 0.444. The lowest BCUT2D eigenvalue weighted by molar-refractivity contribution is -0.121. The van der Waals surface area contributed by atoms with Gasteiger partial charge in [0.1, 0.15) is 0 Å². The lowest BCUT2D eigenvalue weighted by Crippen LogP contribution is -2.30. The number of carbonyl (C=O) groups excluding carboxylic acids is 1. The Bertz CT molecular complexity index is 126. The number of hydrogen-bond acceptors (Lipinski definition) is 3. The van der Waals surface area contributed by atoms with Crippen molar-refractivity contribution in [3.63, 3.8) is 0 Å². The van der Waals surface area contributed by atoms with Crippen molar-refractivity contribution in [3.05, 3.63) is 12.8 Å². The van der Waals surface area contributed by atoms with Gasteiger partial charge in [0, 0.05) is 19.5 Å². The van der Waals surface area contributed by atoms with Crippen LogP contribution >= 0.6 is 0 Å². The summed E-state index contributed by atoms with van der Waals surface area (Å²) in [7, 11) is 0. The number of rotatable bonds is 6. The maximum absolute atomic E-state index is 10.7. The van der Waals surface area contributed by atoms with E-state index in [2.05, 4.69) is 17.2 Å². The minimum atomic E-state index is -0.127. The molecule has 0 aromatic heterocycles. The molecule has 64 valence electrons. The predicted octanol–water partition coefficient (Wildman–Crippen LogP) is -0.782. The molecule has 0 bridgehead atoms. The van der Waals surface area contributed by atoms with Crippen LogP contribution in [0.1, 0.15) is 6.42 Å². The van der Waals surface area contributed by atoms with E-state index >= 15 is 0 Å². The van der Waals surface area contributed by atoms with E-state index in [0.717, 1.165) is 0 Å². The molecule has 0 aromatic rings. The van der Waals surface area contributed by atoms with Crippen molar-refractivity contribution in [2.45, 2.75) is 6.42 Å². The summed E-state index contributed by atoms with van der Waals surface area (Å²) in [6.07, 6.45) is 1.74. The molecule has 0 saturated carbocycles. The fourth-order valence-corrected chi connectivity index (χ4v) is 0.566. The minimum absolute atomic E-state index is 0.0965. The Hall–Kier alpha value is -1.03. The SMILES string of the molecule is C=CNCCNC(=O)CCO. The monoisotopic (exact) mass is 158 g/mol. The number of carbonyl (C=O) groups is 1. The van der Waals surface area contributed by atoms with Gasteiger partial charge in [0.15, 0.2) is 0 Å². The smallest absolute Gasteiger partial charge is 0.222 e. The van der Waals surface area contributed by atoms with Crippen molar-refractivity contribution in [1.82, 2.24) is 10.6 Å². The molecule has 0 heterocycles. The van der Waals surface area contributed by atoms with Gasteiger partial charge < -0.3 is 15.7 Å². The molecular formula is C7H14N2O2. The van der Waals surface area contributed by atoms with Crippen LogP contribution in [0.25, 0.3) is 0 Å². The molecular weight excluding hydrogens is 144 g/mol. The first kappa shape index (κ1) is 9.97. The van der Waals surface area contributed by atoms with Gasteiger partial charge in [-0.25, -0.2) is 0 Å². The third-order valence-electron chi connectivity index (χ3n) is 1.07. The van der Waals surface area contributed by atoms with Crippen LogP contribution in [0.2, 0.25) is 0 Å². The van der Waals surface area contributed by atoms with Crippen LogP contribution < -0.4 is 10.6 Å². The second-order valence-electron chi connectivity index (χ2n) is 1.98. The Morgan fingerprint density at radius 1 is 1.55 bits per heavy atom. The van der Waals surface area contributed by atoms with Gasteiger partial charge in [-0.2, -0.15) is 0 Å². The zero-order valence-corrected chi connectivity index (χ0v) is 6.47. The molecule has 0 aliphatic heterocycles. The van der Waals surface area contributed by atoms with Gasteiger partial charge in [-0.3, -0.25) is 4.79 Å². The van der Waals surface area contributed by atoms with Crippen LogP contribution in [0, 0.1) is 0 Å².